The van der Waals surface area contributed by atoms with Gasteiger partial charge in [-0.3, -0.25) is 4.55 Å². The van der Waals surface area contributed by atoms with Crippen LogP contribution in [0, 0.1) is 0 Å². The maximum absolute atomic E-state index is 10.5. The van der Waals surface area contributed by atoms with Crippen LogP contribution in [0.25, 0.3) is 0 Å². The molecule has 23 heavy (non-hydrogen) atoms. The first-order valence-corrected chi connectivity index (χ1v) is 9.43. The van der Waals surface area contributed by atoms with E-state index in [4.69, 9.17) is 23.5 Å². The third kappa shape index (κ3) is 25.1. The number of hydrogen-bond donors (Lipinski definition) is 1. The molecule has 0 bridgehead atoms. The van der Waals surface area contributed by atoms with Gasteiger partial charge in [0.05, 0.1) is 45.4 Å². The summed E-state index contributed by atoms with van der Waals surface area (Å²) in [5.74, 6) is -0.216. The molecule has 0 rings (SSSR count). The molecule has 0 saturated heterocycles. The van der Waals surface area contributed by atoms with Crippen molar-refractivity contribution in [3.8, 4) is 0 Å². The van der Waals surface area contributed by atoms with Gasteiger partial charge in [0.25, 0.3) is 10.1 Å². The summed E-state index contributed by atoms with van der Waals surface area (Å²) in [5.41, 5.74) is 0. The monoisotopic (exact) mass is 366 g/mol. The molecule has 0 atom stereocenters. The molecule has 0 heterocycles. The zero-order valence-corrected chi connectivity index (χ0v) is 14.3. The van der Waals surface area contributed by atoms with Gasteiger partial charge in [0.2, 0.25) is 0 Å². The molecule has 1 N–H and O–H groups in total. The van der Waals surface area contributed by atoms with Gasteiger partial charge >= 0.3 is 29.6 Å². The summed E-state index contributed by atoms with van der Waals surface area (Å²) in [6.45, 7) is 6.57. The van der Waals surface area contributed by atoms with E-state index in [2.05, 4.69) is 6.92 Å². The Bertz CT molecular complexity index is 325. The Balaban J connectivity index is 0. The molecule has 0 aliphatic heterocycles. The second-order valence-electron chi connectivity index (χ2n) is 4.80. The molecule has 0 radical (unpaired) electrons. The topological polar surface area (TPSA) is 91.3 Å². The van der Waals surface area contributed by atoms with Crippen LogP contribution < -0.4 is 0 Å². The fourth-order valence-corrected chi connectivity index (χ4v) is 2.07. The van der Waals surface area contributed by atoms with Crippen molar-refractivity contribution in [1.29, 1.82) is 0 Å². The van der Waals surface area contributed by atoms with Crippen LogP contribution in [0.15, 0.2) is 0 Å². The molecule has 7 nitrogen and oxygen atoms in total. The molecule has 0 aliphatic carbocycles. The minimum atomic E-state index is -3.85. The standard InChI is InChI=1S/C14H30O7S.Na.H/c1-2-3-6-18-8-10-20-12-13-21-11-9-19-7-4-5-14-22(15,16)17;;/h2-14H2,1H3,(H,15,16,17);;. The van der Waals surface area contributed by atoms with Crippen LogP contribution >= 0.6 is 0 Å². The van der Waals surface area contributed by atoms with Gasteiger partial charge in [-0.15, -0.1) is 0 Å². The minimum absolute atomic E-state index is 0. The average Bonchev–Trinajstić information content (AvgIpc) is 2.45. The molecule has 9 heteroatoms. The van der Waals surface area contributed by atoms with E-state index >= 15 is 0 Å². The van der Waals surface area contributed by atoms with Gasteiger partial charge in [-0.05, 0) is 19.3 Å². The van der Waals surface area contributed by atoms with Gasteiger partial charge in [0, 0.05) is 13.2 Å². The molecule has 0 fully saturated rings. The second-order valence-corrected chi connectivity index (χ2v) is 6.37. The Morgan fingerprint density at radius 2 is 1.09 bits per heavy atom. The number of unbranched alkanes of at least 4 members (excludes halogenated alkanes) is 2. The summed E-state index contributed by atoms with van der Waals surface area (Å²) in [6, 6.07) is 0. The van der Waals surface area contributed by atoms with Gasteiger partial charge in [-0.2, -0.15) is 8.42 Å². The third-order valence-electron chi connectivity index (χ3n) is 2.70. The van der Waals surface area contributed by atoms with Crippen LogP contribution in [0.1, 0.15) is 32.6 Å². The van der Waals surface area contributed by atoms with Gasteiger partial charge in [-0.1, -0.05) is 13.3 Å². The molecule has 0 aromatic carbocycles. The van der Waals surface area contributed by atoms with Crippen molar-refractivity contribution in [2.24, 2.45) is 0 Å². The summed E-state index contributed by atoms with van der Waals surface area (Å²) in [4.78, 5) is 0. The van der Waals surface area contributed by atoms with Crippen LogP contribution in [0.4, 0.5) is 0 Å². The number of ether oxygens (including phenoxy) is 4. The Morgan fingerprint density at radius 1 is 0.696 bits per heavy atom. The summed E-state index contributed by atoms with van der Waals surface area (Å²) >= 11 is 0. The quantitative estimate of drug-likeness (QED) is 0.232. The molecule has 0 aliphatic rings. The van der Waals surface area contributed by atoms with Crippen molar-refractivity contribution in [2.75, 3.05) is 58.6 Å². The van der Waals surface area contributed by atoms with Crippen molar-refractivity contribution in [2.45, 2.75) is 32.6 Å². The molecule has 0 saturated carbocycles. The van der Waals surface area contributed by atoms with E-state index in [1.165, 1.54) is 0 Å². The van der Waals surface area contributed by atoms with Crippen molar-refractivity contribution >= 4 is 39.7 Å². The SMILES string of the molecule is CCCCOCCOCCOCCOCCCCS(=O)(=O)O.[NaH]. The molecular weight excluding hydrogens is 335 g/mol. The van der Waals surface area contributed by atoms with Gasteiger partial charge in [-0.25, -0.2) is 0 Å². The molecule has 0 aromatic rings. The molecular formula is C14H31NaO7S. The van der Waals surface area contributed by atoms with E-state index in [9.17, 15) is 8.42 Å². The second kappa shape index (κ2) is 19.1. The van der Waals surface area contributed by atoms with Crippen molar-refractivity contribution in [3.05, 3.63) is 0 Å². The van der Waals surface area contributed by atoms with Crippen molar-refractivity contribution in [1.82, 2.24) is 0 Å². The first-order valence-electron chi connectivity index (χ1n) is 7.82. The maximum atomic E-state index is 10.5. The number of rotatable bonds is 17. The zero-order chi connectivity index (χ0) is 16.5. The molecule has 0 aromatic heterocycles. The Labute approximate surface area is 162 Å². The van der Waals surface area contributed by atoms with E-state index in [0.29, 0.717) is 59.1 Å². The summed E-state index contributed by atoms with van der Waals surface area (Å²) in [5, 5.41) is 0. The first kappa shape index (κ1) is 26.0. The van der Waals surface area contributed by atoms with Gasteiger partial charge in [0.1, 0.15) is 0 Å². The van der Waals surface area contributed by atoms with E-state index in [-0.39, 0.29) is 35.3 Å². The average molecular weight is 366 g/mol. The third-order valence-corrected chi connectivity index (χ3v) is 3.50. The van der Waals surface area contributed by atoms with Crippen molar-refractivity contribution < 1.29 is 31.9 Å². The normalized spacial score (nSPS) is 11.4. The molecule has 0 unspecified atom stereocenters. The van der Waals surface area contributed by atoms with Crippen LogP contribution in [0.5, 0.6) is 0 Å². The van der Waals surface area contributed by atoms with Crippen molar-refractivity contribution in [3.63, 3.8) is 0 Å². The Morgan fingerprint density at radius 3 is 1.48 bits per heavy atom. The van der Waals surface area contributed by atoms with E-state index in [1.807, 2.05) is 0 Å². The van der Waals surface area contributed by atoms with Crippen LogP contribution in [0.3, 0.4) is 0 Å². The van der Waals surface area contributed by atoms with Crippen LogP contribution in [-0.4, -0.2) is 101 Å². The summed E-state index contributed by atoms with van der Waals surface area (Å²) in [6.07, 6.45) is 3.21. The Hall–Kier alpha value is 0.750. The van der Waals surface area contributed by atoms with Crippen LogP contribution in [-0.2, 0) is 29.1 Å². The predicted molar refractivity (Wildman–Crippen MR) is 91.0 cm³/mol. The van der Waals surface area contributed by atoms with E-state index in [0.717, 1.165) is 19.4 Å². The van der Waals surface area contributed by atoms with E-state index < -0.39 is 10.1 Å². The molecule has 0 amide bonds. The predicted octanol–water partition coefficient (Wildman–Crippen LogP) is 0.872. The summed E-state index contributed by atoms with van der Waals surface area (Å²) < 4.78 is 50.7. The fraction of sp³-hybridized carbons (Fsp3) is 1.00. The van der Waals surface area contributed by atoms with Gasteiger partial charge in [0.15, 0.2) is 0 Å². The summed E-state index contributed by atoms with van der Waals surface area (Å²) in [7, 11) is -3.85. The molecule has 136 valence electrons. The van der Waals surface area contributed by atoms with Gasteiger partial charge < -0.3 is 18.9 Å². The molecule has 0 spiro atoms. The van der Waals surface area contributed by atoms with E-state index in [1.54, 1.807) is 0 Å². The number of hydrogen-bond acceptors (Lipinski definition) is 6. The Kier molecular flexibility index (Phi) is 21.6. The first-order chi connectivity index (χ1) is 10.6. The fourth-order valence-electron chi connectivity index (χ4n) is 1.50. The van der Waals surface area contributed by atoms with Crippen LogP contribution in [0.2, 0.25) is 0 Å². The zero-order valence-electron chi connectivity index (χ0n) is 13.5.